The number of nitriles is 1. The van der Waals surface area contributed by atoms with Gasteiger partial charge in [-0.2, -0.15) is 10.4 Å². The van der Waals surface area contributed by atoms with E-state index in [0.717, 1.165) is 6.07 Å². The fourth-order valence-electron chi connectivity index (χ4n) is 1.23. The Kier molecular flexibility index (Phi) is 2.10. The maximum absolute atomic E-state index is 13.5. The molecular formula is C10H7FN4. The predicted octanol–water partition coefficient (Wildman–Crippen LogP) is 1.47. The highest BCUT2D eigenvalue weighted by molar-refractivity contribution is 5.41. The molecule has 74 valence electrons. The highest BCUT2D eigenvalue weighted by atomic mass is 19.1. The monoisotopic (exact) mass is 202 g/mol. The molecule has 0 atom stereocenters. The van der Waals surface area contributed by atoms with E-state index in [1.165, 1.54) is 16.8 Å². The number of hydrogen-bond acceptors (Lipinski definition) is 3. The number of hydrogen-bond donors (Lipinski definition) is 1. The standard InChI is InChI=1S/C10H7FN4/c11-8-5-7(6-12)1-2-9(8)15-4-3-10(13)14-15/h1-5H,(H2,13,14). The molecular weight excluding hydrogens is 195 g/mol. The summed E-state index contributed by atoms with van der Waals surface area (Å²) in [5.41, 5.74) is 5.96. The summed E-state index contributed by atoms with van der Waals surface area (Å²) in [6.45, 7) is 0. The minimum Gasteiger partial charge on any atom is -0.382 e. The Morgan fingerprint density at radius 2 is 2.20 bits per heavy atom. The lowest BCUT2D eigenvalue weighted by Gasteiger charge is -2.02. The molecule has 2 N–H and O–H groups in total. The second-order valence-corrected chi connectivity index (χ2v) is 2.96. The largest absolute Gasteiger partial charge is 0.382 e. The van der Waals surface area contributed by atoms with Crippen LogP contribution < -0.4 is 5.73 Å². The van der Waals surface area contributed by atoms with Gasteiger partial charge in [0, 0.05) is 12.3 Å². The van der Waals surface area contributed by atoms with Gasteiger partial charge in [-0.1, -0.05) is 0 Å². The molecule has 15 heavy (non-hydrogen) atoms. The maximum Gasteiger partial charge on any atom is 0.150 e. The van der Waals surface area contributed by atoms with Crippen LogP contribution in [-0.4, -0.2) is 9.78 Å². The van der Waals surface area contributed by atoms with E-state index in [-0.39, 0.29) is 11.3 Å². The van der Waals surface area contributed by atoms with Gasteiger partial charge in [0.2, 0.25) is 0 Å². The minimum absolute atomic E-state index is 0.269. The molecule has 0 saturated carbocycles. The summed E-state index contributed by atoms with van der Waals surface area (Å²) >= 11 is 0. The van der Waals surface area contributed by atoms with Crippen LogP contribution >= 0.6 is 0 Å². The van der Waals surface area contributed by atoms with Crippen LogP contribution in [0.4, 0.5) is 10.2 Å². The molecule has 0 aliphatic heterocycles. The third-order valence-corrected chi connectivity index (χ3v) is 1.93. The first kappa shape index (κ1) is 9.21. The van der Waals surface area contributed by atoms with Crippen LogP contribution in [0.25, 0.3) is 5.69 Å². The van der Waals surface area contributed by atoms with E-state index < -0.39 is 5.82 Å². The van der Waals surface area contributed by atoms with E-state index >= 15 is 0 Å². The van der Waals surface area contributed by atoms with Crippen LogP contribution in [0.3, 0.4) is 0 Å². The first-order valence-corrected chi connectivity index (χ1v) is 4.22. The molecule has 0 aliphatic carbocycles. The van der Waals surface area contributed by atoms with E-state index in [1.54, 1.807) is 12.3 Å². The van der Waals surface area contributed by atoms with Crippen molar-refractivity contribution in [2.75, 3.05) is 5.73 Å². The first-order valence-electron chi connectivity index (χ1n) is 4.22. The number of nitrogens with two attached hydrogens (primary N) is 1. The van der Waals surface area contributed by atoms with Crippen LogP contribution in [0.2, 0.25) is 0 Å². The van der Waals surface area contributed by atoms with Crippen molar-refractivity contribution in [3.05, 3.63) is 41.8 Å². The molecule has 0 unspecified atom stereocenters. The molecule has 1 heterocycles. The van der Waals surface area contributed by atoms with Gasteiger partial charge in [-0.3, -0.25) is 0 Å². The Balaban J connectivity index is 2.51. The van der Waals surface area contributed by atoms with Crippen molar-refractivity contribution >= 4 is 5.82 Å². The second kappa shape index (κ2) is 3.42. The Bertz CT molecular complexity index is 539. The van der Waals surface area contributed by atoms with Gasteiger partial charge < -0.3 is 5.73 Å². The number of nitrogens with zero attached hydrogens (tertiary/aromatic N) is 3. The summed E-state index contributed by atoms with van der Waals surface area (Å²) in [6, 6.07) is 7.59. The van der Waals surface area contributed by atoms with Crippen LogP contribution in [0.1, 0.15) is 5.56 Å². The van der Waals surface area contributed by atoms with Gasteiger partial charge in [-0.15, -0.1) is 0 Å². The zero-order valence-electron chi connectivity index (χ0n) is 7.68. The highest BCUT2D eigenvalue weighted by Gasteiger charge is 2.06. The number of rotatable bonds is 1. The molecule has 0 spiro atoms. The molecule has 0 fully saturated rings. The maximum atomic E-state index is 13.5. The van der Waals surface area contributed by atoms with Crippen molar-refractivity contribution < 1.29 is 4.39 Å². The number of benzene rings is 1. The molecule has 4 nitrogen and oxygen atoms in total. The van der Waals surface area contributed by atoms with Crippen molar-refractivity contribution in [3.8, 4) is 11.8 Å². The lowest BCUT2D eigenvalue weighted by molar-refractivity contribution is 0.610. The summed E-state index contributed by atoms with van der Waals surface area (Å²) in [6.07, 6.45) is 1.56. The second-order valence-electron chi connectivity index (χ2n) is 2.96. The van der Waals surface area contributed by atoms with Crippen molar-refractivity contribution in [3.63, 3.8) is 0 Å². The van der Waals surface area contributed by atoms with Gasteiger partial charge >= 0.3 is 0 Å². The molecule has 1 aromatic heterocycles. The van der Waals surface area contributed by atoms with Crippen molar-refractivity contribution in [2.24, 2.45) is 0 Å². The fraction of sp³-hybridized carbons (Fsp3) is 0. The molecule has 0 amide bonds. The summed E-state index contributed by atoms with van der Waals surface area (Å²) in [4.78, 5) is 0. The van der Waals surface area contributed by atoms with Crippen molar-refractivity contribution in [1.82, 2.24) is 9.78 Å². The Morgan fingerprint density at radius 1 is 1.40 bits per heavy atom. The van der Waals surface area contributed by atoms with Crippen molar-refractivity contribution in [1.29, 1.82) is 5.26 Å². The average Bonchev–Trinajstić information content (AvgIpc) is 2.64. The van der Waals surface area contributed by atoms with E-state index in [0.29, 0.717) is 5.82 Å². The van der Waals surface area contributed by atoms with Crippen LogP contribution in [0.5, 0.6) is 0 Å². The van der Waals surface area contributed by atoms with Gasteiger partial charge in [-0.05, 0) is 18.2 Å². The molecule has 1 aromatic carbocycles. The van der Waals surface area contributed by atoms with Gasteiger partial charge in [-0.25, -0.2) is 9.07 Å². The summed E-state index contributed by atoms with van der Waals surface area (Å²) in [7, 11) is 0. The van der Waals surface area contributed by atoms with Gasteiger partial charge in [0.25, 0.3) is 0 Å². The summed E-state index contributed by atoms with van der Waals surface area (Å²) < 4.78 is 14.8. The van der Waals surface area contributed by atoms with Crippen LogP contribution in [-0.2, 0) is 0 Å². The first-order chi connectivity index (χ1) is 7.20. The third-order valence-electron chi connectivity index (χ3n) is 1.93. The lowest BCUT2D eigenvalue weighted by atomic mass is 10.2. The number of aromatic nitrogens is 2. The molecule has 0 aliphatic rings. The normalized spacial score (nSPS) is 9.87. The van der Waals surface area contributed by atoms with Crippen LogP contribution in [0.15, 0.2) is 30.5 Å². The van der Waals surface area contributed by atoms with Gasteiger partial charge in [0.05, 0.1) is 11.6 Å². The Labute approximate surface area is 85.4 Å². The molecule has 2 aromatic rings. The van der Waals surface area contributed by atoms with E-state index in [4.69, 9.17) is 11.0 Å². The van der Waals surface area contributed by atoms with E-state index in [9.17, 15) is 4.39 Å². The Morgan fingerprint density at radius 3 is 2.73 bits per heavy atom. The highest BCUT2D eigenvalue weighted by Crippen LogP contribution is 2.14. The summed E-state index contributed by atoms with van der Waals surface area (Å²) in [5, 5.41) is 12.4. The molecule has 0 bridgehead atoms. The topological polar surface area (TPSA) is 67.6 Å². The smallest absolute Gasteiger partial charge is 0.150 e. The number of nitrogen functional groups attached to an aromatic ring is 1. The van der Waals surface area contributed by atoms with Gasteiger partial charge in [0.15, 0.2) is 0 Å². The number of halogens is 1. The lowest BCUT2D eigenvalue weighted by Crippen LogP contribution is -1.99. The van der Waals surface area contributed by atoms with E-state index in [2.05, 4.69) is 5.10 Å². The fourth-order valence-corrected chi connectivity index (χ4v) is 1.23. The quantitative estimate of drug-likeness (QED) is 0.761. The molecule has 0 radical (unpaired) electrons. The third kappa shape index (κ3) is 1.65. The molecule has 2 rings (SSSR count). The predicted molar refractivity (Wildman–Crippen MR) is 52.6 cm³/mol. The Hall–Kier alpha value is -2.35. The summed E-state index contributed by atoms with van der Waals surface area (Å²) in [5.74, 6) is -0.184. The SMILES string of the molecule is N#Cc1ccc(-n2ccc(N)n2)c(F)c1. The van der Waals surface area contributed by atoms with E-state index in [1.807, 2.05) is 6.07 Å². The molecule has 0 saturated heterocycles. The minimum atomic E-state index is -0.503. The molecule has 5 heteroatoms. The van der Waals surface area contributed by atoms with Crippen molar-refractivity contribution in [2.45, 2.75) is 0 Å². The number of anilines is 1. The zero-order valence-corrected chi connectivity index (χ0v) is 7.68. The zero-order chi connectivity index (χ0) is 10.8. The average molecular weight is 202 g/mol. The van der Waals surface area contributed by atoms with Gasteiger partial charge in [0.1, 0.15) is 17.3 Å². The van der Waals surface area contributed by atoms with Crippen LogP contribution in [0, 0.1) is 17.1 Å².